The van der Waals surface area contributed by atoms with Crippen molar-refractivity contribution >= 4 is 25.5 Å². The first kappa shape index (κ1) is 16.7. The molecule has 0 spiro atoms. The van der Waals surface area contributed by atoms with Gasteiger partial charge in [-0.2, -0.15) is 0 Å². The van der Waals surface area contributed by atoms with Crippen molar-refractivity contribution in [2.75, 3.05) is 10.1 Å². The molecule has 0 saturated heterocycles. The number of nitrogens with zero attached hydrogens (tertiary/aromatic N) is 1. The second-order valence-corrected chi connectivity index (χ2v) is 9.42. The first-order chi connectivity index (χ1) is 11.3. The predicted molar refractivity (Wildman–Crippen MR) is 94.0 cm³/mol. The zero-order valence-corrected chi connectivity index (χ0v) is 14.7. The SMILES string of the molecule is Cc1ccc(N(C2C=CS(=O)(=O)C2)S(=O)(=O)c2ccccc2)cc1. The van der Waals surface area contributed by atoms with E-state index in [-0.39, 0.29) is 10.6 Å². The van der Waals surface area contributed by atoms with Gasteiger partial charge < -0.3 is 0 Å². The molecular weight excluding hydrogens is 346 g/mol. The summed E-state index contributed by atoms with van der Waals surface area (Å²) >= 11 is 0. The second kappa shape index (κ2) is 6.07. The van der Waals surface area contributed by atoms with Gasteiger partial charge in [0.1, 0.15) is 0 Å². The van der Waals surface area contributed by atoms with Gasteiger partial charge in [0.15, 0.2) is 9.84 Å². The van der Waals surface area contributed by atoms with E-state index < -0.39 is 25.9 Å². The molecule has 0 N–H and O–H groups in total. The Morgan fingerprint density at radius 1 is 1.00 bits per heavy atom. The first-order valence-electron chi connectivity index (χ1n) is 7.37. The molecule has 0 radical (unpaired) electrons. The van der Waals surface area contributed by atoms with E-state index in [4.69, 9.17) is 0 Å². The zero-order chi connectivity index (χ0) is 17.4. The number of rotatable bonds is 4. The summed E-state index contributed by atoms with van der Waals surface area (Å²) in [6.45, 7) is 1.90. The number of sulfonamides is 1. The lowest BCUT2D eigenvalue weighted by Gasteiger charge is -2.29. The Kier molecular flexibility index (Phi) is 4.23. The molecule has 7 heteroatoms. The van der Waals surface area contributed by atoms with E-state index in [1.165, 1.54) is 22.5 Å². The average molecular weight is 363 g/mol. The van der Waals surface area contributed by atoms with Crippen molar-refractivity contribution in [1.29, 1.82) is 0 Å². The van der Waals surface area contributed by atoms with Crippen LogP contribution in [0.3, 0.4) is 0 Å². The van der Waals surface area contributed by atoms with E-state index in [0.29, 0.717) is 5.69 Å². The minimum atomic E-state index is -3.88. The Balaban J connectivity index is 2.12. The average Bonchev–Trinajstić information content (AvgIpc) is 2.90. The lowest BCUT2D eigenvalue weighted by molar-refractivity contribution is 0.586. The molecule has 126 valence electrons. The van der Waals surface area contributed by atoms with Crippen LogP contribution in [0.25, 0.3) is 0 Å². The fourth-order valence-electron chi connectivity index (χ4n) is 2.61. The topological polar surface area (TPSA) is 71.5 Å². The molecule has 1 aliphatic heterocycles. The van der Waals surface area contributed by atoms with Crippen molar-refractivity contribution in [2.24, 2.45) is 0 Å². The minimum Gasteiger partial charge on any atom is -0.258 e. The summed E-state index contributed by atoms with van der Waals surface area (Å²) < 4.78 is 51.0. The van der Waals surface area contributed by atoms with Gasteiger partial charge in [0.25, 0.3) is 10.0 Å². The largest absolute Gasteiger partial charge is 0.264 e. The highest BCUT2D eigenvalue weighted by atomic mass is 32.2. The Bertz CT molecular complexity index is 963. The molecule has 0 saturated carbocycles. The quantitative estimate of drug-likeness (QED) is 0.837. The molecule has 0 fully saturated rings. The van der Waals surface area contributed by atoms with Crippen molar-refractivity contribution in [3.8, 4) is 0 Å². The van der Waals surface area contributed by atoms with E-state index >= 15 is 0 Å². The molecule has 0 bridgehead atoms. The van der Waals surface area contributed by atoms with Gasteiger partial charge in [-0.25, -0.2) is 16.8 Å². The highest BCUT2D eigenvalue weighted by Crippen LogP contribution is 2.29. The summed E-state index contributed by atoms with van der Waals surface area (Å²) in [5.41, 5.74) is 1.43. The van der Waals surface area contributed by atoms with E-state index in [1.54, 1.807) is 42.5 Å². The molecule has 2 aromatic rings. The van der Waals surface area contributed by atoms with Crippen molar-refractivity contribution in [1.82, 2.24) is 0 Å². The monoisotopic (exact) mass is 363 g/mol. The van der Waals surface area contributed by atoms with Crippen LogP contribution in [0, 0.1) is 6.92 Å². The normalized spacial score (nSPS) is 19.3. The summed E-state index contributed by atoms with van der Waals surface area (Å²) in [5, 5.41) is 1.08. The van der Waals surface area contributed by atoms with Crippen molar-refractivity contribution < 1.29 is 16.8 Å². The molecule has 1 atom stereocenters. The van der Waals surface area contributed by atoms with Gasteiger partial charge in [-0.05, 0) is 37.3 Å². The van der Waals surface area contributed by atoms with E-state index in [1.807, 2.05) is 6.92 Å². The smallest absolute Gasteiger partial charge is 0.258 e. The Labute approximate surface area is 142 Å². The second-order valence-electron chi connectivity index (χ2n) is 5.67. The van der Waals surface area contributed by atoms with Gasteiger partial charge in [-0.15, -0.1) is 0 Å². The molecule has 0 aromatic heterocycles. The standard InChI is InChI=1S/C17H17NO4S2/c1-14-7-9-15(10-8-14)18(16-11-12-23(19,20)13-16)24(21,22)17-5-3-2-4-6-17/h2-12,16H,13H2,1H3. The van der Waals surface area contributed by atoms with Crippen molar-refractivity contribution in [3.05, 3.63) is 71.6 Å². The maximum Gasteiger partial charge on any atom is 0.264 e. The molecule has 3 rings (SSSR count). The summed E-state index contributed by atoms with van der Waals surface area (Å²) in [6.07, 6.45) is 1.43. The minimum absolute atomic E-state index is 0.128. The molecular formula is C17H17NO4S2. The summed E-state index contributed by atoms with van der Waals surface area (Å²) in [7, 11) is -7.27. The molecule has 1 heterocycles. The van der Waals surface area contributed by atoms with E-state index in [0.717, 1.165) is 11.0 Å². The first-order valence-corrected chi connectivity index (χ1v) is 10.5. The van der Waals surface area contributed by atoms with Crippen LogP contribution in [-0.4, -0.2) is 28.6 Å². The van der Waals surface area contributed by atoms with Gasteiger partial charge in [-0.3, -0.25) is 4.31 Å². The van der Waals surface area contributed by atoms with E-state index in [2.05, 4.69) is 0 Å². The van der Waals surface area contributed by atoms with Gasteiger partial charge in [0.2, 0.25) is 0 Å². The van der Waals surface area contributed by atoms with Gasteiger partial charge >= 0.3 is 0 Å². The summed E-state index contributed by atoms with van der Waals surface area (Å²) in [6, 6.07) is 14.2. The number of anilines is 1. The lowest BCUT2D eigenvalue weighted by atomic mass is 10.2. The fraction of sp³-hybridized carbons (Fsp3) is 0.176. The van der Waals surface area contributed by atoms with Crippen LogP contribution < -0.4 is 4.31 Å². The lowest BCUT2D eigenvalue weighted by Crippen LogP contribution is -2.41. The Hall–Kier alpha value is -2.12. The third-order valence-electron chi connectivity index (χ3n) is 3.80. The number of benzene rings is 2. The highest BCUT2D eigenvalue weighted by Gasteiger charge is 2.35. The van der Waals surface area contributed by atoms with Crippen molar-refractivity contribution in [3.63, 3.8) is 0 Å². The van der Waals surface area contributed by atoms with Crippen LogP contribution in [0.4, 0.5) is 5.69 Å². The third-order valence-corrected chi connectivity index (χ3v) is 7.05. The summed E-state index contributed by atoms with van der Waals surface area (Å²) in [5.74, 6) is -0.257. The van der Waals surface area contributed by atoms with Crippen LogP contribution >= 0.6 is 0 Å². The molecule has 0 amide bonds. The number of hydrogen-bond donors (Lipinski definition) is 0. The number of hydrogen-bond acceptors (Lipinski definition) is 4. The molecule has 1 aliphatic rings. The molecule has 2 aromatic carbocycles. The van der Waals surface area contributed by atoms with Crippen LogP contribution in [0.1, 0.15) is 5.56 Å². The molecule has 24 heavy (non-hydrogen) atoms. The van der Waals surface area contributed by atoms with Crippen molar-refractivity contribution in [2.45, 2.75) is 17.9 Å². The fourth-order valence-corrected chi connectivity index (χ4v) is 5.60. The molecule has 1 unspecified atom stereocenters. The Morgan fingerprint density at radius 2 is 1.62 bits per heavy atom. The van der Waals surface area contributed by atoms with Gasteiger partial charge in [0, 0.05) is 5.41 Å². The molecule has 5 nitrogen and oxygen atoms in total. The van der Waals surface area contributed by atoms with E-state index in [9.17, 15) is 16.8 Å². The van der Waals surface area contributed by atoms with Crippen LogP contribution in [0.5, 0.6) is 0 Å². The molecule has 0 aliphatic carbocycles. The maximum absolute atomic E-state index is 13.1. The number of sulfone groups is 1. The van der Waals surface area contributed by atoms with Gasteiger partial charge in [0.05, 0.1) is 22.4 Å². The maximum atomic E-state index is 13.1. The number of aryl methyl sites for hydroxylation is 1. The van der Waals surface area contributed by atoms with Crippen LogP contribution in [0.2, 0.25) is 0 Å². The van der Waals surface area contributed by atoms with Crippen LogP contribution in [0.15, 0.2) is 71.0 Å². The zero-order valence-electron chi connectivity index (χ0n) is 13.0. The highest BCUT2D eigenvalue weighted by molar-refractivity contribution is 7.95. The third kappa shape index (κ3) is 3.22. The van der Waals surface area contributed by atoms with Gasteiger partial charge in [-0.1, -0.05) is 35.9 Å². The summed E-state index contributed by atoms with van der Waals surface area (Å²) in [4.78, 5) is 0.128. The predicted octanol–water partition coefficient (Wildman–Crippen LogP) is 2.50. The van der Waals surface area contributed by atoms with Crippen LogP contribution in [-0.2, 0) is 19.9 Å². The Morgan fingerprint density at radius 3 is 2.17 bits per heavy atom.